The first-order valence-corrected chi connectivity index (χ1v) is 10.2. The van der Waals surface area contributed by atoms with E-state index in [4.69, 9.17) is 14.2 Å². The van der Waals surface area contributed by atoms with Gasteiger partial charge in [0.1, 0.15) is 5.75 Å². The standard InChI is InChI=1S/C23H32N4O3/c1-24-23(25-16-19-14-21(29-3)22(30-4)15-20(19)28-2)27-12-10-26(11-13-27)17-18-8-6-5-7-9-18/h5-9,14-15H,10-13,16-17H2,1-4H3,(H,24,25). The lowest BCUT2D eigenvalue weighted by Gasteiger charge is -2.36. The molecule has 162 valence electrons. The summed E-state index contributed by atoms with van der Waals surface area (Å²) >= 11 is 0. The van der Waals surface area contributed by atoms with Gasteiger partial charge in [-0.3, -0.25) is 9.89 Å². The Morgan fingerprint density at radius 2 is 1.53 bits per heavy atom. The molecule has 7 nitrogen and oxygen atoms in total. The number of piperazine rings is 1. The zero-order valence-electron chi connectivity index (χ0n) is 18.4. The van der Waals surface area contributed by atoms with Gasteiger partial charge in [0.15, 0.2) is 17.5 Å². The van der Waals surface area contributed by atoms with Crippen LogP contribution in [0.4, 0.5) is 0 Å². The Labute approximate surface area is 179 Å². The lowest BCUT2D eigenvalue weighted by molar-refractivity contribution is 0.172. The summed E-state index contributed by atoms with van der Waals surface area (Å²) < 4.78 is 16.3. The van der Waals surface area contributed by atoms with Gasteiger partial charge in [-0.25, -0.2) is 0 Å². The summed E-state index contributed by atoms with van der Waals surface area (Å²) in [5, 5.41) is 3.46. The van der Waals surface area contributed by atoms with Gasteiger partial charge < -0.3 is 24.4 Å². The maximum absolute atomic E-state index is 5.53. The van der Waals surface area contributed by atoms with Crippen molar-refractivity contribution >= 4 is 5.96 Å². The Bertz CT molecular complexity index is 834. The van der Waals surface area contributed by atoms with Gasteiger partial charge in [0.2, 0.25) is 0 Å². The molecule has 0 amide bonds. The van der Waals surface area contributed by atoms with Crippen LogP contribution in [0.1, 0.15) is 11.1 Å². The van der Waals surface area contributed by atoms with E-state index >= 15 is 0 Å². The number of rotatable bonds is 7. The van der Waals surface area contributed by atoms with Crippen LogP contribution in [0.5, 0.6) is 17.2 Å². The monoisotopic (exact) mass is 412 g/mol. The molecule has 0 aliphatic carbocycles. The Balaban J connectivity index is 1.58. The number of methoxy groups -OCH3 is 3. The summed E-state index contributed by atoms with van der Waals surface area (Å²) in [4.78, 5) is 9.27. The van der Waals surface area contributed by atoms with Gasteiger partial charge in [0.25, 0.3) is 0 Å². The molecule has 2 aromatic carbocycles. The predicted molar refractivity (Wildman–Crippen MR) is 120 cm³/mol. The number of guanidine groups is 1. The van der Waals surface area contributed by atoms with Crippen molar-refractivity contribution in [2.75, 3.05) is 54.6 Å². The first-order chi connectivity index (χ1) is 14.7. The van der Waals surface area contributed by atoms with E-state index in [1.807, 2.05) is 19.2 Å². The zero-order valence-corrected chi connectivity index (χ0v) is 18.4. The molecular formula is C23H32N4O3. The molecule has 2 aromatic rings. The minimum atomic E-state index is 0.584. The van der Waals surface area contributed by atoms with Crippen molar-refractivity contribution < 1.29 is 14.2 Å². The highest BCUT2D eigenvalue weighted by molar-refractivity contribution is 5.80. The Kier molecular flexibility index (Phi) is 7.79. The van der Waals surface area contributed by atoms with Crippen molar-refractivity contribution in [2.45, 2.75) is 13.1 Å². The Morgan fingerprint density at radius 3 is 2.13 bits per heavy atom. The second kappa shape index (κ2) is 10.7. The van der Waals surface area contributed by atoms with Crippen LogP contribution in [-0.2, 0) is 13.1 Å². The van der Waals surface area contributed by atoms with Crippen LogP contribution < -0.4 is 19.5 Å². The zero-order chi connectivity index (χ0) is 21.3. The van der Waals surface area contributed by atoms with Crippen LogP contribution in [0.2, 0.25) is 0 Å². The smallest absolute Gasteiger partial charge is 0.194 e. The summed E-state index contributed by atoms with van der Waals surface area (Å²) in [5.41, 5.74) is 2.34. The van der Waals surface area contributed by atoms with Crippen molar-refractivity contribution in [1.29, 1.82) is 0 Å². The number of nitrogens with zero attached hydrogens (tertiary/aromatic N) is 3. The van der Waals surface area contributed by atoms with Crippen molar-refractivity contribution in [3.8, 4) is 17.2 Å². The highest BCUT2D eigenvalue weighted by Gasteiger charge is 2.20. The topological polar surface area (TPSA) is 58.6 Å². The van der Waals surface area contributed by atoms with Crippen molar-refractivity contribution in [1.82, 2.24) is 15.1 Å². The first-order valence-electron chi connectivity index (χ1n) is 10.2. The van der Waals surface area contributed by atoms with Crippen molar-refractivity contribution in [3.63, 3.8) is 0 Å². The molecule has 0 aromatic heterocycles. The van der Waals surface area contributed by atoms with E-state index in [1.54, 1.807) is 21.3 Å². The molecule has 1 heterocycles. The average molecular weight is 413 g/mol. The molecule has 0 spiro atoms. The third-order valence-corrected chi connectivity index (χ3v) is 5.36. The van der Waals surface area contributed by atoms with Crippen LogP contribution in [0.15, 0.2) is 47.5 Å². The van der Waals surface area contributed by atoms with Crippen LogP contribution >= 0.6 is 0 Å². The summed E-state index contributed by atoms with van der Waals surface area (Å²) in [6.07, 6.45) is 0. The van der Waals surface area contributed by atoms with E-state index in [9.17, 15) is 0 Å². The van der Waals surface area contributed by atoms with E-state index in [2.05, 4.69) is 50.4 Å². The molecule has 1 aliphatic heterocycles. The maximum Gasteiger partial charge on any atom is 0.194 e. The molecule has 7 heteroatoms. The van der Waals surface area contributed by atoms with E-state index < -0.39 is 0 Å². The number of hydrogen-bond donors (Lipinski definition) is 1. The lowest BCUT2D eigenvalue weighted by Crippen LogP contribution is -2.52. The first kappa shape index (κ1) is 21.8. The fraction of sp³-hybridized carbons (Fsp3) is 0.435. The normalized spacial score (nSPS) is 15.1. The molecule has 0 saturated carbocycles. The molecule has 0 atom stereocenters. The van der Waals surface area contributed by atoms with Gasteiger partial charge in [-0.1, -0.05) is 30.3 Å². The molecule has 0 radical (unpaired) electrons. The highest BCUT2D eigenvalue weighted by Crippen LogP contribution is 2.34. The molecule has 0 bridgehead atoms. The number of hydrogen-bond acceptors (Lipinski definition) is 5. The van der Waals surface area contributed by atoms with E-state index in [0.717, 1.165) is 50.0 Å². The lowest BCUT2D eigenvalue weighted by atomic mass is 10.1. The predicted octanol–water partition coefficient (Wildman–Crippen LogP) is 2.61. The summed E-state index contributed by atoms with van der Waals surface area (Å²) in [7, 11) is 6.74. The minimum absolute atomic E-state index is 0.584. The Hall–Kier alpha value is -2.93. The van der Waals surface area contributed by atoms with E-state index in [-0.39, 0.29) is 0 Å². The molecule has 30 heavy (non-hydrogen) atoms. The summed E-state index contributed by atoms with van der Waals surface area (Å²) in [6.45, 7) is 5.47. The van der Waals surface area contributed by atoms with Crippen molar-refractivity contribution in [3.05, 3.63) is 53.6 Å². The van der Waals surface area contributed by atoms with Crippen LogP contribution in [0, 0.1) is 0 Å². The number of aliphatic imine (C=N–C) groups is 1. The Morgan fingerprint density at radius 1 is 0.900 bits per heavy atom. The second-order valence-corrected chi connectivity index (χ2v) is 7.17. The SMILES string of the molecule is CN=C(NCc1cc(OC)c(OC)cc1OC)N1CCN(Cc2ccccc2)CC1. The molecule has 1 N–H and O–H groups in total. The van der Waals surface area contributed by atoms with E-state index in [0.29, 0.717) is 18.0 Å². The summed E-state index contributed by atoms with van der Waals surface area (Å²) in [6, 6.07) is 14.4. The second-order valence-electron chi connectivity index (χ2n) is 7.17. The van der Waals surface area contributed by atoms with Gasteiger partial charge >= 0.3 is 0 Å². The molecule has 1 aliphatic rings. The van der Waals surface area contributed by atoms with Crippen LogP contribution in [-0.4, -0.2) is 70.3 Å². The number of benzene rings is 2. The molecule has 3 rings (SSSR count). The van der Waals surface area contributed by atoms with Gasteiger partial charge in [-0.15, -0.1) is 0 Å². The van der Waals surface area contributed by atoms with E-state index in [1.165, 1.54) is 5.56 Å². The highest BCUT2D eigenvalue weighted by atomic mass is 16.5. The largest absolute Gasteiger partial charge is 0.496 e. The van der Waals surface area contributed by atoms with Gasteiger partial charge in [0, 0.05) is 57.9 Å². The minimum Gasteiger partial charge on any atom is -0.496 e. The van der Waals surface area contributed by atoms with Crippen LogP contribution in [0.3, 0.4) is 0 Å². The fourth-order valence-corrected chi connectivity index (χ4v) is 3.70. The van der Waals surface area contributed by atoms with Gasteiger partial charge in [-0.05, 0) is 11.6 Å². The van der Waals surface area contributed by atoms with Gasteiger partial charge in [0.05, 0.1) is 21.3 Å². The molecule has 1 fully saturated rings. The molecular weight excluding hydrogens is 380 g/mol. The van der Waals surface area contributed by atoms with Gasteiger partial charge in [-0.2, -0.15) is 0 Å². The number of nitrogens with one attached hydrogen (secondary N) is 1. The quantitative estimate of drug-likeness (QED) is 0.557. The average Bonchev–Trinajstić information content (AvgIpc) is 2.80. The molecule has 0 unspecified atom stereocenters. The maximum atomic E-state index is 5.53. The third kappa shape index (κ3) is 5.36. The third-order valence-electron chi connectivity index (χ3n) is 5.36. The molecule has 1 saturated heterocycles. The van der Waals surface area contributed by atoms with Crippen molar-refractivity contribution in [2.24, 2.45) is 4.99 Å². The van der Waals surface area contributed by atoms with Crippen LogP contribution in [0.25, 0.3) is 0 Å². The fourth-order valence-electron chi connectivity index (χ4n) is 3.70. The number of ether oxygens (including phenoxy) is 3. The summed E-state index contributed by atoms with van der Waals surface area (Å²) in [5.74, 6) is 2.98.